The smallest absolute Gasteiger partial charge is 0.130 e. The summed E-state index contributed by atoms with van der Waals surface area (Å²) in [5.74, 6) is 0.0620. The molecule has 0 aromatic heterocycles. The Morgan fingerprint density at radius 3 is 2.29 bits per heavy atom. The largest absolute Gasteiger partial charge is 0.497 e. The molecule has 0 aliphatic heterocycles. The minimum Gasteiger partial charge on any atom is -0.497 e. The molecule has 21 heavy (non-hydrogen) atoms. The van der Waals surface area contributed by atoms with E-state index in [1.807, 2.05) is 0 Å². The van der Waals surface area contributed by atoms with Crippen LogP contribution in [0, 0.1) is 18.6 Å². The van der Waals surface area contributed by atoms with Crippen LogP contribution in [0.25, 0.3) is 0 Å². The van der Waals surface area contributed by atoms with Crippen molar-refractivity contribution in [3.05, 3.63) is 58.7 Å². The molecule has 2 aromatic carbocycles. The molecule has 2 nitrogen and oxygen atoms in total. The summed E-state index contributed by atoms with van der Waals surface area (Å²) in [6, 6.07) is 7.65. The molecule has 0 aliphatic rings. The van der Waals surface area contributed by atoms with Gasteiger partial charge in [0.2, 0.25) is 0 Å². The SMILES string of the molecule is COc1ccc(OC)c(C(Br)c2cc(C)c(F)cc2F)c1. The molecule has 1 unspecified atom stereocenters. The Morgan fingerprint density at radius 1 is 0.952 bits per heavy atom. The van der Waals surface area contributed by atoms with Crippen molar-refractivity contribution in [3.63, 3.8) is 0 Å². The fourth-order valence-corrected chi connectivity index (χ4v) is 2.79. The van der Waals surface area contributed by atoms with Crippen molar-refractivity contribution in [2.45, 2.75) is 11.8 Å². The fraction of sp³-hybridized carbons (Fsp3) is 0.250. The fourth-order valence-electron chi connectivity index (χ4n) is 2.08. The molecule has 0 saturated carbocycles. The third kappa shape index (κ3) is 3.18. The molecule has 0 aliphatic carbocycles. The van der Waals surface area contributed by atoms with Gasteiger partial charge in [-0.25, -0.2) is 8.78 Å². The molecule has 0 N–H and O–H groups in total. The molecule has 1 atom stereocenters. The lowest BCUT2D eigenvalue weighted by atomic mass is 10.0. The first-order valence-electron chi connectivity index (χ1n) is 6.29. The van der Waals surface area contributed by atoms with Crippen molar-refractivity contribution < 1.29 is 18.3 Å². The zero-order valence-electron chi connectivity index (χ0n) is 11.9. The molecule has 0 radical (unpaired) electrons. The summed E-state index contributed by atoms with van der Waals surface area (Å²) in [4.78, 5) is -0.471. The molecular weight excluding hydrogens is 342 g/mol. The molecule has 112 valence electrons. The van der Waals surface area contributed by atoms with Gasteiger partial charge in [-0.15, -0.1) is 0 Å². The predicted octanol–water partition coefficient (Wildman–Crippen LogP) is 4.77. The number of methoxy groups -OCH3 is 2. The average Bonchev–Trinajstić information content (AvgIpc) is 2.49. The van der Waals surface area contributed by atoms with Gasteiger partial charge in [0.15, 0.2) is 0 Å². The summed E-state index contributed by atoms with van der Waals surface area (Å²) in [5.41, 5.74) is 1.44. The van der Waals surface area contributed by atoms with E-state index in [9.17, 15) is 8.78 Å². The van der Waals surface area contributed by atoms with Gasteiger partial charge in [0.25, 0.3) is 0 Å². The van der Waals surface area contributed by atoms with Crippen LogP contribution in [0.5, 0.6) is 11.5 Å². The Labute approximate surface area is 130 Å². The van der Waals surface area contributed by atoms with Crippen molar-refractivity contribution >= 4 is 15.9 Å². The zero-order chi connectivity index (χ0) is 15.6. The van der Waals surface area contributed by atoms with E-state index in [1.165, 1.54) is 13.2 Å². The maximum absolute atomic E-state index is 14.0. The number of alkyl halides is 1. The highest BCUT2D eigenvalue weighted by atomic mass is 79.9. The van der Waals surface area contributed by atoms with Crippen molar-refractivity contribution in [1.29, 1.82) is 0 Å². The number of hydrogen-bond donors (Lipinski definition) is 0. The second-order valence-electron chi connectivity index (χ2n) is 4.59. The van der Waals surface area contributed by atoms with Gasteiger partial charge in [0, 0.05) is 17.2 Å². The maximum Gasteiger partial charge on any atom is 0.130 e. The number of hydrogen-bond acceptors (Lipinski definition) is 2. The van der Waals surface area contributed by atoms with Gasteiger partial charge in [-0.2, -0.15) is 0 Å². The van der Waals surface area contributed by atoms with Gasteiger partial charge in [-0.3, -0.25) is 0 Å². The molecule has 5 heteroatoms. The Bertz CT molecular complexity index is 659. The number of benzene rings is 2. The first kappa shape index (κ1) is 15.8. The summed E-state index contributed by atoms with van der Waals surface area (Å²) in [5, 5.41) is 0. The lowest BCUT2D eigenvalue weighted by molar-refractivity contribution is 0.399. The van der Waals surface area contributed by atoms with Crippen molar-refractivity contribution in [3.8, 4) is 11.5 Å². The number of rotatable bonds is 4. The number of aryl methyl sites for hydroxylation is 1. The topological polar surface area (TPSA) is 18.5 Å². The summed E-state index contributed by atoms with van der Waals surface area (Å²) in [7, 11) is 3.09. The third-order valence-electron chi connectivity index (χ3n) is 3.26. The average molecular weight is 357 g/mol. The Hall–Kier alpha value is -1.62. The Morgan fingerprint density at radius 2 is 1.67 bits per heavy atom. The summed E-state index contributed by atoms with van der Waals surface area (Å²) >= 11 is 3.46. The third-order valence-corrected chi connectivity index (χ3v) is 4.25. The molecule has 0 heterocycles. The molecule has 0 bridgehead atoms. The number of ether oxygens (including phenoxy) is 2. The highest BCUT2D eigenvalue weighted by Gasteiger charge is 2.21. The monoisotopic (exact) mass is 356 g/mol. The lowest BCUT2D eigenvalue weighted by Crippen LogP contribution is -2.02. The first-order chi connectivity index (χ1) is 9.97. The molecule has 2 rings (SSSR count). The quantitative estimate of drug-likeness (QED) is 0.734. The Balaban J connectivity index is 2.53. The van der Waals surface area contributed by atoms with E-state index in [2.05, 4.69) is 15.9 Å². The first-order valence-corrected chi connectivity index (χ1v) is 7.21. The van der Waals surface area contributed by atoms with Crippen molar-refractivity contribution in [1.82, 2.24) is 0 Å². The maximum atomic E-state index is 14.0. The van der Waals surface area contributed by atoms with E-state index in [0.717, 1.165) is 6.07 Å². The Kier molecular flexibility index (Phi) is 4.83. The lowest BCUT2D eigenvalue weighted by Gasteiger charge is -2.17. The van der Waals surface area contributed by atoms with Gasteiger partial charge >= 0.3 is 0 Å². The van der Waals surface area contributed by atoms with Crippen LogP contribution in [-0.2, 0) is 0 Å². The van der Waals surface area contributed by atoms with Crippen LogP contribution in [0.15, 0.2) is 30.3 Å². The van der Waals surface area contributed by atoms with E-state index < -0.39 is 16.5 Å². The zero-order valence-corrected chi connectivity index (χ0v) is 13.5. The van der Waals surface area contributed by atoms with Crippen LogP contribution in [0.3, 0.4) is 0 Å². The molecule has 2 aromatic rings. The predicted molar refractivity (Wildman–Crippen MR) is 81.4 cm³/mol. The van der Waals surface area contributed by atoms with Crippen LogP contribution >= 0.6 is 15.9 Å². The van der Waals surface area contributed by atoms with E-state index in [1.54, 1.807) is 32.2 Å². The normalized spacial score (nSPS) is 12.1. The standard InChI is InChI=1S/C16H15BrF2O2/c1-9-6-11(14(19)8-13(9)18)16(17)12-7-10(20-2)4-5-15(12)21-3/h4-8,16H,1-3H3. The van der Waals surface area contributed by atoms with Crippen LogP contribution in [-0.4, -0.2) is 14.2 Å². The molecule has 0 fully saturated rings. The molecule has 0 amide bonds. The van der Waals surface area contributed by atoms with Crippen LogP contribution in [0.2, 0.25) is 0 Å². The summed E-state index contributed by atoms with van der Waals surface area (Å²) in [6.07, 6.45) is 0. The highest BCUT2D eigenvalue weighted by Crippen LogP contribution is 2.40. The van der Waals surface area contributed by atoms with Crippen LogP contribution in [0.1, 0.15) is 21.5 Å². The van der Waals surface area contributed by atoms with Crippen molar-refractivity contribution in [2.24, 2.45) is 0 Å². The van der Waals surface area contributed by atoms with Gasteiger partial charge in [0.1, 0.15) is 23.1 Å². The summed E-state index contributed by atoms with van der Waals surface area (Å²) < 4.78 is 37.9. The molecule has 0 saturated heterocycles. The second kappa shape index (κ2) is 6.43. The minimum atomic E-state index is -0.607. The van der Waals surface area contributed by atoms with Crippen LogP contribution < -0.4 is 9.47 Å². The molecular formula is C16H15BrF2O2. The van der Waals surface area contributed by atoms with Gasteiger partial charge < -0.3 is 9.47 Å². The summed E-state index contributed by atoms with van der Waals surface area (Å²) in [6.45, 7) is 1.60. The second-order valence-corrected chi connectivity index (χ2v) is 5.51. The molecule has 0 spiro atoms. The van der Waals surface area contributed by atoms with E-state index >= 15 is 0 Å². The van der Waals surface area contributed by atoms with E-state index in [0.29, 0.717) is 28.2 Å². The number of halogens is 3. The van der Waals surface area contributed by atoms with Gasteiger partial charge in [-0.1, -0.05) is 15.9 Å². The van der Waals surface area contributed by atoms with E-state index in [-0.39, 0.29) is 0 Å². The van der Waals surface area contributed by atoms with Crippen LogP contribution in [0.4, 0.5) is 8.78 Å². The van der Waals surface area contributed by atoms with Gasteiger partial charge in [-0.05, 0) is 36.8 Å². The van der Waals surface area contributed by atoms with E-state index in [4.69, 9.17) is 9.47 Å². The van der Waals surface area contributed by atoms with Crippen molar-refractivity contribution in [2.75, 3.05) is 14.2 Å². The highest BCUT2D eigenvalue weighted by molar-refractivity contribution is 9.09. The minimum absolute atomic E-state index is 0.348. The van der Waals surface area contributed by atoms with Gasteiger partial charge in [0.05, 0.1) is 19.0 Å².